The number of carbonyl (C=O) groups excluding carboxylic acids is 1. The molecule has 2 nitrogen and oxygen atoms in total. The van der Waals surface area contributed by atoms with Gasteiger partial charge in [-0.3, -0.25) is 4.79 Å². The van der Waals surface area contributed by atoms with Crippen LogP contribution in [0, 0.1) is 5.92 Å². The lowest BCUT2D eigenvalue weighted by Crippen LogP contribution is -2.20. The average Bonchev–Trinajstić information content (AvgIpc) is 1.99. The van der Waals surface area contributed by atoms with E-state index in [4.69, 9.17) is 0 Å². The van der Waals surface area contributed by atoms with Crippen molar-refractivity contribution >= 4 is 5.97 Å². The number of hydrogen-bond acceptors (Lipinski definition) is 2. The fraction of sp³-hybridized carbons (Fsp3) is 0.889. The molecule has 0 unspecified atom stereocenters. The Morgan fingerprint density at radius 1 is 1.36 bits per heavy atom. The van der Waals surface area contributed by atoms with Gasteiger partial charge in [0.05, 0.1) is 0 Å². The van der Waals surface area contributed by atoms with E-state index in [0.717, 1.165) is 6.42 Å². The SMILES string of the molecule is CC(C)CCCC(=O)OCC(F)(F)F. The molecule has 0 aliphatic rings. The first-order chi connectivity index (χ1) is 6.31. The number of carbonyl (C=O) groups is 1. The summed E-state index contributed by atoms with van der Waals surface area (Å²) in [5.74, 6) is -0.326. The molecule has 0 aliphatic carbocycles. The molecule has 0 aliphatic heterocycles. The summed E-state index contributed by atoms with van der Waals surface area (Å²) in [7, 11) is 0. The molecule has 0 saturated heterocycles. The average molecular weight is 212 g/mol. The third-order valence-electron chi connectivity index (χ3n) is 1.56. The fourth-order valence-corrected chi connectivity index (χ4v) is 0.889. The molecular formula is C9H15F3O2. The van der Waals surface area contributed by atoms with Crippen LogP contribution >= 0.6 is 0 Å². The third kappa shape index (κ3) is 9.35. The van der Waals surface area contributed by atoms with Crippen molar-refractivity contribution in [3.63, 3.8) is 0 Å². The zero-order valence-electron chi connectivity index (χ0n) is 8.36. The number of ether oxygens (including phenoxy) is 1. The first-order valence-corrected chi connectivity index (χ1v) is 4.53. The molecule has 0 N–H and O–H groups in total. The molecule has 0 spiro atoms. The van der Waals surface area contributed by atoms with Crippen molar-refractivity contribution in [1.82, 2.24) is 0 Å². The van der Waals surface area contributed by atoms with Crippen LogP contribution < -0.4 is 0 Å². The van der Waals surface area contributed by atoms with E-state index in [1.54, 1.807) is 0 Å². The van der Waals surface area contributed by atoms with Crippen LogP contribution in [0.25, 0.3) is 0 Å². The van der Waals surface area contributed by atoms with Crippen molar-refractivity contribution in [1.29, 1.82) is 0 Å². The normalized spacial score (nSPS) is 11.9. The van der Waals surface area contributed by atoms with Gasteiger partial charge in [0, 0.05) is 6.42 Å². The summed E-state index contributed by atoms with van der Waals surface area (Å²) in [5.41, 5.74) is 0. The second-order valence-corrected chi connectivity index (χ2v) is 3.56. The van der Waals surface area contributed by atoms with Gasteiger partial charge >= 0.3 is 12.1 Å². The van der Waals surface area contributed by atoms with Crippen LogP contribution in [0.5, 0.6) is 0 Å². The van der Waals surface area contributed by atoms with Gasteiger partial charge in [0.1, 0.15) is 0 Å². The Balaban J connectivity index is 3.47. The van der Waals surface area contributed by atoms with E-state index in [2.05, 4.69) is 4.74 Å². The Morgan fingerprint density at radius 2 is 1.93 bits per heavy atom. The van der Waals surface area contributed by atoms with Crippen LogP contribution in [0.4, 0.5) is 13.2 Å². The Kier molecular flexibility index (Phi) is 5.57. The maximum absolute atomic E-state index is 11.6. The Labute approximate surface area is 81.4 Å². The molecule has 5 heteroatoms. The molecular weight excluding hydrogens is 197 g/mol. The van der Waals surface area contributed by atoms with Gasteiger partial charge < -0.3 is 4.74 Å². The maximum atomic E-state index is 11.6. The third-order valence-corrected chi connectivity index (χ3v) is 1.56. The van der Waals surface area contributed by atoms with Crippen molar-refractivity contribution in [3.05, 3.63) is 0 Å². The zero-order chi connectivity index (χ0) is 11.2. The minimum absolute atomic E-state index is 0.0637. The second kappa shape index (κ2) is 5.88. The topological polar surface area (TPSA) is 26.3 Å². The number of alkyl halides is 3. The quantitative estimate of drug-likeness (QED) is 0.655. The van der Waals surface area contributed by atoms with E-state index in [9.17, 15) is 18.0 Å². The molecule has 14 heavy (non-hydrogen) atoms. The zero-order valence-corrected chi connectivity index (χ0v) is 8.36. The molecule has 0 aromatic heterocycles. The lowest BCUT2D eigenvalue weighted by Gasteiger charge is -2.08. The number of rotatable bonds is 5. The minimum Gasteiger partial charge on any atom is -0.456 e. The molecule has 0 radical (unpaired) electrons. The summed E-state index contributed by atoms with van der Waals surface area (Å²) >= 11 is 0. The molecule has 0 amide bonds. The van der Waals surface area contributed by atoms with Crippen molar-refractivity contribution < 1.29 is 22.7 Å². The Bertz CT molecular complexity index is 175. The molecule has 84 valence electrons. The van der Waals surface area contributed by atoms with E-state index in [1.165, 1.54) is 0 Å². The highest BCUT2D eigenvalue weighted by Crippen LogP contribution is 2.15. The summed E-state index contributed by atoms with van der Waals surface area (Å²) in [4.78, 5) is 10.7. The number of halogens is 3. The van der Waals surface area contributed by atoms with E-state index in [0.29, 0.717) is 12.3 Å². The van der Waals surface area contributed by atoms with Gasteiger partial charge in [-0.25, -0.2) is 0 Å². The smallest absolute Gasteiger partial charge is 0.422 e. The first kappa shape index (κ1) is 13.3. The summed E-state index contributed by atoms with van der Waals surface area (Å²) in [6, 6.07) is 0. The first-order valence-electron chi connectivity index (χ1n) is 4.53. The molecule has 0 aromatic carbocycles. The van der Waals surface area contributed by atoms with Crippen molar-refractivity contribution in [2.75, 3.05) is 6.61 Å². The van der Waals surface area contributed by atoms with Gasteiger partial charge in [-0.2, -0.15) is 13.2 Å². The predicted octanol–water partition coefficient (Wildman–Crippen LogP) is 2.92. The van der Waals surface area contributed by atoms with Gasteiger partial charge in [0.15, 0.2) is 6.61 Å². The lowest BCUT2D eigenvalue weighted by atomic mass is 10.1. The summed E-state index contributed by atoms with van der Waals surface area (Å²) in [6.07, 6.45) is -2.96. The van der Waals surface area contributed by atoms with Crippen LogP contribution in [-0.4, -0.2) is 18.8 Å². The molecule has 0 rings (SSSR count). The van der Waals surface area contributed by atoms with Crippen LogP contribution in [0.3, 0.4) is 0 Å². The van der Waals surface area contributed by atoms with E-state index in [1.807, 2.05) is 13.8 Å². The molecule has 0 aromatic rings. The van der Waals surface area contributed by atoms with Crippen molar-refractivity contribution in [2.24, 2.45) is 5.92 Å². The fourth-order valence-electron chi connectivity index (χ4n) is 0.889. The highest BCUT2D eigenvalue weighted by Gasteiger charge is 2.29. The maximum Gasteiger partial charge on any atom is 0.422 e. The van der Waals surface area contributed by atoms with Crippen LogP contribution in [-0.2, 0) is 9.53 Å². The van der Waals surface area contributed by atoms with E-state index in [-0.39, 0.29) is 6.42 Å². The highest BCUT2D eigenvalue weighted by atomic mass is 19.4. The van der Waals surface area contributed by atoms with Crippen molar-refractivity contribution in [2.45, 2.75) is 39.3 Å². The monoisotopic (exact) mass is 212 g/mol. The number of hydrogen-bond donors (Lipinski definition) is 0. The predicted molar refractivity (Wildman–Crippen MR) is 45.7 cm³/mol. The van der Waals surface area contributed by atoms with Gasteiger partial charge in [-0.1, -0.05) is 20.3 Å². The highest BCUT2D eigenvalue weighted by molar-refractivity contribution is 5.69. The van der Waals surface area contributed by atoms with E-state index >= 15 is 0 Å². The van der Waals surface area contributed by atoms with E-state index < -0.39 is 18.8 Å². The van der Waals surface area contributed by atoms with Gasteiger partial charge in [-0.05, 0) is 12.3 Å². The summed E-state index contributed by atoms with van der Waals surface area (Å²) in [6.45, 7) is 2.50. The molecule has 0 atom stereocenters. The molecule has 0 bridgehead atoms. The van der Waals surface area contributed by atoms with Crippen LogP contribution in [0.1, 0.15) is 33.1 Å². The van der Waals surface area contributed by atoms with Gasteiger partial charge in [0.25, 0.3) is 0 Å². The standard InChI is InChI=1S/C9H15F3O2/c1-7(2)4-3-5-8(13)14-6-9(10,11)12/h7H,3-6H2,1-2H3. The summed E-state index contributed by atoms with van der Waals surface area (Å²) in [5, 5.41) is 0. The van der Waals surface area contributed by atoms with Crippen LogP contribution in [0.2, 0.25) is 0 Å². The Morgan fingerprint density at radius 3 is 2.36 bits per heavy atom. The molecule has 0 fully saturated rings. The number of esters is 1. The largest absolute Gasteiger partial charge is 0.456 e. The second-order valence-electron chi connectivity index (χ2n) is 3.56. The van der Waals surface area contributed by atoms with Gasteiger partial charge in [0.2, 0.25) is 0 Å². The van der Waals surface area contributed by atoms with Gasteiger partial charge in [-0.15, -0.1) is 0 Å². The minimum atomic E-state index is -4.42. The Hall–Kier alpha value is -0.740. The molecule has 0 heterocycles. The van der Waals surface area contributed by atoms with Crippen molar-refractivity contribution in [3.8, 4) is 0 Å². The van der Waals surface area contributed by atoms with Crippen LogP contribution in [0.15, 0.2) is 0 Å². The molecule has 0 saturated carbocycles. The summed E-state index contributed by atoms with van der Waals surface area (Å²) < 4.78 is 38.8. The lowest BCUT2D eigenvalue weighted by molar-refractivity contribution is -0.186.